The minimum atomic E-state index is -1.00. The van der Waals surface area contributed by atoms with Gasteiger partial charge in [0.05, 0.1) is 5.69 Å². The number of amides is 1. The van der Waals surface area contributed by atoms with E-state index in [2.05, 4.69) is 5.32 Å². The molecule has 8 nitrogen and oxygen atoms in total. The number of hydrogen-bond donors (Lipinski definition) is 2. The van der Waals surface area contributed by atoms with Gasteiger partial charge in [-0.3, -0.25) is 9.59 Å². The van der Waals surface area contributed by atoms with Crippen LogP contribution in [0.1, 0.15) is 24.2 Å². The first kappa shape index (κ1) is 19.2. The number of benzene rings is 2. The molecule has 0 fully saturated rings. The highest BCUT2D eigenvalue weighted by molar-refractivity contribution is 6.00. The molecular weight excluding hydrogens is 366 g/mol. The monoisotopic (exact) mass is 385 g/mol. The fourth-order valence-corrected chi connectivity index (χ4v) is 2.68. The van der Waals surface area contributed by atoms with Gasteiger partial charge < -0.3 is 24.6 Å². The van der Waals surface area contributed by atoms with Crippen molar-refractivity contribution in [3.8, 4) is 17.2 Å². The SMILES string of the molecule is CC(=O)Nc1cc(C(=O)COC(=O)[C@@H]2Oc3ccccc3O[C@H]2C)ccc1O. The van der Waals surface area contributed by atoms with Crippen LogP contribution in [0.2, 0.25) is 0 Å². The molecule has 2 N–H and O–H groups in total. The van der Waals surface area contributed by atoms with Crippen LogP contribution in [-0.4, -0.2) is 41.6 Å². The van der Waals surface area contributed by atoms with Gasteiger partial charge in [0.2, 0.25) is 12.0 Å². The average molecular weight is 385 g/mol. The third kappa shape index (κ3) is 4.22. The number of esters is 1. The van der Waals surface area contributed by atoms with Crippen LogP contribution in [0.4, 0.5) is 5.69 Å². The molecule has 0 spiro atoms. The third-order valence-electron chi connectivity index (χ3n) is 4.05. The van der Waals surface area contributed by atoms with Gasteiger partial charge in [-0.25, -0.2) is 4.79 Å². The van der Waals surface area contributed by atoms with Gasteiger partial charge in [-0.1, -0.05) is 12.1 Å². The van der Waals surface area contributed by atoms with Crippen molar-refractivity contribution in [3.63, 3.8) is 0 Å². The van der Waals surface area contributed by atoms with Gasteiger partial charge in [0, 0.05) is 12.5 Å². The van der Waals surface area contributed by atoms with Crippen LogP contribution in [0.15, 0.2) is 42.5 Å². The van der Waals surface area contributed by atoms with Crippen LogP contribution in [0.25, 0.3) is 0 Å². The number of rotatable bonds is 5. The lowest BCUT2D eigenvalue weighted by molar-refractivity contribution is -0.156. The van der Waals surface area contributed by atoms with Crippen molar-refractivity contribution in [2.24, 2.45) is 0 Å². The number of phenolic OH excluding ortho intramolecular Hbond substituents is 1. The number of aromatic hydroxyl groups is 1. The van der Waals surface area contributed by atoms with E-state index in [0.717, 1.165) is 0 Å². The van der Waals surface area contributed by atoms with Gasteiger partial charge in [0.1, 0.15) is 11.9 Å². The lowest BCUT2D eigenvalue weighted by atomic mass is 10.1. The lowest BCUT2D eigenvalue weighted by Crippen LogP contribution is -2.44. The van der Waals surface area contributed by atoms with Gasteiger partial charge >= 0.3 is 5.97 Å². The molecule has 1 aliphatic heterocycles. The lowest BCUT2D eigenvalue weighted by Gasteiger charge is -2.30. The second-order valence-electron chi connectivity index (χ2n) is 6.25. The first-order valence-electron chi connectivity index (χ1n) is 8.58. The molecule has 2 aromatic carbocycles. The summed E-state index contributed by atoms with van der Waals surface area (Å²) in [5.74, 6) is -0.836. The van der Waals surface area contributed by atoms with Crippen molar-refractivity contribution in [2.75, 3.05) is 11.9 Å². The minimum Gasteiger partial charge on any atom is -0.506 e. The van der Waals surface area contributed by atoms with Crippen LogP contribution in [-0.2, 0) is 14.3 Å². The summed E-state index contributed by atoms with van der Waals surface area (Å²) >= 11 is 0. The number of carbonyl (C=O) groups excluding carboxylic acids is 3. The van der Waals surface area contributed by atoms with E-state index in [4.69, 9.17) is 14.2 Å². The van der Waals surface area contributed by atoms with Crippen LogP contribution < -0.4 is 14.8 Å². The van der Waals surface area contributed by atoms with Crippen LogP contribution in [0, 0.1) is 0 Å². The molecule has 1 heterocycles. The molecule has 0 saturated heterocycles. The zero-order valence-corrected chi connectivity index (χ0v) is 15.3. The Bertz CT molecular complexity index is 925. The Labute approximate surface area is 161 Å². The summed E-state index contributed by atoms with van der Waals surface area (Å²) in [6.45, 7) is 2.43. The minimum absolute atomic E-state index is 0.0962. The highest BCUT2D eigenvalue weighted by Gasteiger charge is 2.35. The van der Waals surface area contributed by atoms with Crippen molar-refractivity contribution < 1.29 is 33.7 Å². The molecule has 1 amide bonds. The molecule has 0 bridgehead atoms. The van der Waals surface area contributed by atoms with E-state index >= 15 is 0 Å². The van der Waals surface area contributed by atoms with Crippen molar-refractivity contribution in [2.45, 2.75) is 26.1 Å². The van der Waals surface area contributed by atoms with Crippen molar-refractivity contribution in [1.29, 1.82) is 0 Å². The number of Topliss-reactive ketones (excluding diaryl/α,β-unsaturated/α-hetero) is 1. The van der Waals surface area contributed by atoms with Gasteiger partial charge in [0.15, 0.2) is 23.9 Å². The van der Waals surface area contributed by atoms with E-state index in [9.17, 15) is 19.5 Å². The maximum absolute atomic E-state index is 12.3. The third-order valence-corrected chi connectivity index (χ3v) is 4.05. The second kappa shape index (κ2) is 7.99. The predicted octanol–water partition coefficient (Wildman–Crippen LogP) is 2.31. The Morgan fingerprint density at radius 3 is 2.46 bits per heavy atom. The van der Waals surface area contributed by atoms with Crippen LogP contribution in [0.5, 0.6) is 17.2 Å². The maximum Gasteiger partial charge on any atom is 0.351 e. The van der Waals surface area contributed by atoms with Gasteiger partial charge in [-0.15, -0.1) is 0 Å². The van der Waals surface area contributed by atoms with Crippen LogP contribution >= 0.6 is 0 Å². The number of carbonyl (C=O) groups is 3. The first-order chi connectivity index (χ1) is 13.3. The summed E-state index contributed by atoms with van der Waals surface area (Å²) in [6.07, 6.45) is -1.59. The first-order valence-corrected chi connectivity index (χ1v) is 8.58. The van der Waals surface area contributed by atoms with Crippen molar-refractivity contribution in [1.82, 2.24) is 0 Å². The Kier molecular flexibility index (Phi) is 5.49. The van der Waals surface area contributed by atoms with E-state index in [1.165, 1.54) is 25.1 Å². The molecule has 2 atom stereocenters. The molecule has 0 unspecified atom stereocenters. The number of ether oxygens (including phenoxy) is 3. The number of nitrogens with one attached hydrogen (secondary N) is 1. The molecular formula is C20H19NO7. The molecule has 8 heteroatoms. The zero-order valence-electron chi connectivity index (χ0n) is 15.3. The summed E-state index contributed by atoms with van der Waals surface area (Å²) in [5, 5.41) is 12.1. The molecule has 0 aromatic heterocycles. The van der Waals surface area contributed by atoms with E-state index in [0.29, 0.717) is 11.5 Å². The number of ketones is 1. The Balaban J connectivity index is 1.63. The number of hydrogen-bond acceptors (Lipinski definition) is 7. The molecule has 0 radical (unpaired) electrons. The molecule has 2 aromatic rings. The Hall–Kier alpha value is -3.55. The van der Waals surface area contributed by atoms with Gasteiger partial charge in [-0.05, 0) is 37.3 Å². The fraction of sp³-hybridized carbons (Fsp3) is 0.250. The van der Waals surface area contributed by atoms with E-state index in [1.807, 2.05) is 0 Å². The van der Waals surface area contributed by atoms with E-state index in [-0.39, 0.29) is 17.0 Å². The smallest absolute Gasteiger partial charge is 0.351 e. The molecule has 146 valence electrons. The Morgan fingerprint density at radius 1 is 1.11 bits per heavy atom. The summed E-state index contributed by atoms with van der Waals surface area (Å²) in [5.41, 5.74) is 0.271. The number of anilines is 1. The standard InChI is InChI=1S/C20H19NO7/c1-11-19(28-18-6-4-3-5-17(18)27-11)20(25)26-10-16(24)13-7-8-15(23)14(9-13)21-12(2)22/h3-9,11,19,23H,10H2,1-2H3,(H,21,22)/t11-,19+/m0/s1. The van der Waals surface area contributed by atoms with Gasteiger partial charge in [0.25, 0.3) is 0 Å². The maximum atomic E-state index is 12.3. The van der Waals surface area contributed by atoms with Crippen molar-refractivity contribution in [3.05, 3.63) is 48.0 Å². The van der Waals surface area contributed by atoms with Gasteiger partial charge in [-0.2, -0.15) is 0 Å². The quantitative estimate of drug-likeness (QED) is 0.461. The normalized spacial score (nSPS) is 17.5. The van der Waals surface area contributed by atoms with Crippen molar-refractivity contribution >= 4 is 23.3 Å². The number of phenols is 1. The molecule has 28 heavy (non-hydrogen) atoms. The number of fused-ring (bicyclic) bond motifs is 1. The highest BCUT2D eigenvalue weighted by Crippen LogP contribution is 2.33. The summed E-state index contributed by atoms with van der Waals surface area (Å²) in [4.78, 5) is 35.8. The molecule has 0 saturated carbocycles. The Morgan fingerprint density at radius 2 is 1.79 bits per heavy atom. The largest absolute Gasteiger partial charge is 0.506 e. The van der Waals surface area contributed by atoms with Crippen LogP contribution in [0.3, 0.4) is 0 Å². The second-order valence-corrected chi connectivity index (χ2v) is 6.25. The summed E-state index contributed by atoms with van der Waals surface area (Å²) < 4.78 is 16.4. The molecule has 1 aliphatic rings. The molecule has 0 aliphatic carbocycles. The summed E-state index contributed by atoms with van der Waals surface area (Å²) in [7, 11) is 0. The summed E-state index contributed by atoms with van der Waals surface area (Å²) in [6, 6.07) is 10.9. The highest BCUT2D eigenvalue weighted by atomic mass is 16.6. The van der Waals surface area contributed by atoms with E-state index in [1.54, 1.807) is 31.2 Å². The fourth-order valence-electron chi connectivity index (χ4n) is 2.68. The topological polar surface area (TPSA) is 111 Å². The zero-order chi connectivity index (χ0) is 20.3. The average Bonchev–Trinajstić information content (AvgIpc) is 2.66. The van der Waals surface area contributed by atoms with E-state index < -0.39 is 36.5 Å². The predicted molar refractivity (Wildman–Crippen MR) is 98.6 cm³/mol. The number of para-hydroxylation sites is 2. The molecule has 3 rings (SSSR count).